The number of hydrogen-bond donors (Lipinski definition) is 2. The lowest BCUT2D eigenvalue weighted by molar-refractivity contribution is -0.140. The van der Waals surface area contributed by atoms with E-state index in [1.54, 1.807) is 10.7 Å². The molecule has 0 aliphatic rings. The molecule has 0 saturated carbocycles. The number of aryl methyl sites for hydroxylation is 2. The maximum Gasteiger partial charge on any atom is 0.326 e. The van der Waals surface area contributed by atoms with E-state index in [9.17, 15) is 14.7 Å². The van der Waals surface area contributed by atoms with Crippen LogP contribution in [0.2, 0.25) is 0 Å². The molecule has 27 heavy (non-hydrogen) atoms. The topological polar surface area (TPSA) is 93.5 Å². The minimum atomic E-state index is -1.10. The summed E-state index contributed by atoms with van der Waals surface area (Å²) < 4.78 is 7.21. The molecule has 1 heterocycles. The molecule has 2 aromatic rings. The summed E-state index contributed by atoms with van der Waals surface area (Å²) in [5.74, 6) is -1.62. The minimum absolute atomic E-state index is 0.177. The van der Waals surface area contributed by atoms with Gasteiger partial charge in [-0.05, 0) is 52.8 Å². The molecule has 1 atom stereocenters. The second kappa shape index (κ2) is 8.35. The predicted octanol–water partition coefficient (Wildman–Crippen LogP) is 2.88. The smallest absolute Gasteiger partial charge is 0.326 e. The summed E-state index contributed by atoms with van der Waals surface area (Å²) in [5.41, 5.74) is 2.56. The molecule has 2 N–H and O–H groups in total. The molecule has 7 nitrogen and oxygen atoms in total. The maximum absolute atomic E-state index is 12.5. The number of ether oxygens (including phenoxy) is 1. The summed E-state index contributed by atoms with van der Waals surface area (Å²) in [7, 11) is 0. The highest BCUT2D eigenvalue weighted by Gasteiger charge is 2.23. The number of amides is 1. The van der Waals surface area contributed by atoms with Crippen LogP contribution in [-0.4, -0.2) is 45.0 Å². The third-order valence-electron chi connectivity index (χ3n) is 3.94. The van der Waals surface area contributed by atoms with Crippen LogP contribution in [0.25, 0.3) is 5.69 Å². The van der Waals surface area contributed by atoms with E-state index in [1.807, 2.05) is 58.9 Å². The summed E-state index contributed by atoms with van der Waals surface area (Å²) in [6.45, 7) is 9.74. The lowest BCUT2D eigenvalue weighted by Gasteiger charge is -2.21. The van der Waals surface area contributed by atoms with Crippen molar-refractivity contribution in [2.24, 2.45) is 0 Å². The molecule has 1 amide bonds. The van der Waals surface area contributed by atoms with Crippen molar-refractivity contribution in [3.63, 3.8) is 0 Å². The Morgan fingerprint density at radius 3 is 2.41 bits per heavy atom. The molecular weight excluding hydrogens is 346 g/mol. The number of nitrogens with zero attached hydrogens (tertiary/aromatic N) is 2. The number of aliphatic carboxylic acids is 1. The van der Waals surface area contributed by atoms with E-state index in [-0.39, 0.29) is 24.3 Å². The van der Waals surface area contributed by atoms with Gasteiger partial charge in [0.25, 0.3) is 5.91 Å². The van der Waals surface area contributed by atoms with Gasteiger partial charge in [0.1, 0.15) is 6.04 Å². The van der Waals surface area contributed by atoms with Gasteiger partial charge in [-0.1, -0.05) is 17.7 Å². The summed E-state index contributed by atoms with van der Waals surface area (Å²) >= 11 is 0. The highest BCUT2D eigenvalue weighted by Crippen LogP contribution is 2.14. The minimum Gasteiger partial charge on any atom is -0.480 e. The van der Waals surface area contributed by atoms with Crippen LogP contribution >= 0.6 is 0 Å². The fourth-order valence-corrected chi connectivity index (χ4v) is 2.51. The summed E-state index contributed by atoms with van der Waals surface area (Å²) in [6, 6.07) is 8.36. The van der Waals surface area contributed by atoms with Crippen LogP contribution < -0.4 is 5.32 Å². The van der Waals surface area contributed by atoms with Gasteiger partial charge < -0.3 is 15.2 Å². The number of benzene rings is 1. The first-order valence-corrected chi connectivity index (χ1v) is 8.88. The lowest BCUT2D eigenvalue weighted by atomic mass is 10.1. The molecule has 1 aromatic heterocycles. The first kappa shape index (κ1) is 20.6. The van der Waals surface area contributed by atoms with Gasteiger partial charge in [-0.3, -0.25) is 4.79 Å². The average Bonchev–Trinajstić information content (AvgIpc) is 2.95. The predicted molar refractivity (Wildman–Crippen MR) is 102 cm³/mol. The largest absolute Gasteiger partial charge is 0.480 e. The van der Waals surface area contributed by atoms with Crippen LogP contribution in [0.15, 0.2) is 30.3 Å². The Morgan fingerprint density at radius 1 is 1.22 bits per heavy atom. The van der Waals surface area contributed by atoms with Gasteiger partial charge in [0.05, 0.1) is 11.3 Å². The third kappa shape index (κ3) is 5.92. The SMILES string of the molecule is Cc1ccc(-n2nc(C(=O)NC(CCOC(C)(C)C)C(=O)O)cc2C)cc1. The Kier molecular flexibility index (Phi) is 6.38. The van der Waals surface area contributed by atoms with Gasteiger partial charge in [-0.2, -0.15) is 5.10 Å². The van der Waals surface area contributed by atoms with Crippen molar-refractivity contribution in [3.8, 4) is 5.69 Å². The van der Waals surface area contributed by atoms with E-state index in [1.165, 1.54) is 0 Å². The number of hydrogen-bond acceptors (Lipinski definition) is 4. The average molecular weight is 373 g/mol. The molecule has 0 aliphatic carbocycles. The molecule has 0 bridgehead atoms. The second-order valence-corrected chi connectivity index (χ2v) is 7.53. The fourth-order valence-electron chi connectivity index (χ4n) is 2.51. The lowest BCUT2D eigenvalue weighted by Crippen LogP contribution is -2.42. The zero-order chi connectivity index (χ0) is 20.2. The van der Waals surface area contributed by atoms with Crippen LogP contribution in [0, 0.1) is 13.8 Å². The molecule has 146 valence electrons. The van der Waals surface area contributed by atoms with Crippen LogP contribution in [0.1, 0.15) is 48.9 Å². The maximum atomic E-state index is 12.5. The van der Waals surface area contributed by atoms with Crippen LogP contribution in [-0.2, 0) is 9.53 Å². The standard InChI is InChI=1S/C20H27N3O4/c1-13-6-8-15(9-7-13)23-14(2)12-17(22-23)18(24)21-16(19(25)26)10-11-27-20(3,4)5/h6-9,12,16H,10-11H2,1-5H3,(H,21,24)(H,25,26). The Bertz CT molecular complexity index is 804. The molecule has 1 aromatic carbocycles. The highest BCUT2D eigenvalue weighted by molar-refractivity contribution is 5.95. The van der Waals surface area contributed by atoms with E-state index in [4.69, 9.17) is 4.74 Å². The number of carbonyl (C=O) groups is 2. The number of rotatable bonds is 7. The molecule has 0 radical (unpaired) electrons. The molecule has 0 saturated heterocycles. The number of carboxylic acid groups (broad SMARTS) is 1. The van der Waals surface area contributed by atoms with Gasteiger partial charge in [0, 0.05) is 18.7 Å². The van der Waals surface area contributed by atoms with E-state index in [0.29, 0.717) is 0 Å². The number of nitrogens with one attached hydrogen (secondary N) is 1. The van der Waals surface area contributed by atoms with Gasteiger partial charge in [-0.15, -0.1) is 0 Å². The van der Waals surface area contributed by atoms with Gasteiger partial charge in [0.15, 0.2) is 5.69 Å². The van der Waals surface area contributed by atoms with E-state index < -0.39 is 17.9 Å². The summed E-state index contributed by atoms with van der Waals surface area (Å²) in [5, 5.41) is 16.2. The van der Waals surface area contributed by atoms with Crippen molar-refractivity contribution in [3.05, 3.63) is 47.3 Å². The van der Waals surface area contributed by atoms with Crippen molar-refractivity contribution in [1.29, 1.82) is 0 Å². The second-order valence-electron chi connectivity index (χ2n) is 7.53. The normalized spacial score (nSPS) is 12.6. The first-order chi connectivity index (χ1) is 12.6. The quantitative estimate of drug-likeness (QED) is 0.778. The van der Waals surface area contributed by atoms with Crippen molar-refractivity contribution in [1.82, 2.24) is 15.1 Å². The molecule has 1 unspecified atom stereocenters. The van der Waals surface area contributed by atoms with Gasteiger partial charge in [0.2, 0.25) is 0 Å². The molecule has 0 spiro atoms. The van der Waals surface area contributed by atoms with Crippen molar-refractivity contribution >= 4 is 11.9 Å². The summed E-state index contributed by atoms with van der Waals surface area (Å²) in [4.78, 5) is 23.9. The van der Waals surface area contributed by atoms with Crippen LogP contribution in [0.4, 0.5) is 0 Å². The first-order valence-electron chi connectivity index (χ1n) is 8.88. The Labute approximate surface area is 159 Å². The van der Waals surface area contributed by atoms with Crippen LogP contribution in [0.3, 0.4) is 0 Å². The molecule has 0 fully saturated rings. The number of carboxylic acids is 1. The van der Waals surface area contributed by atoms with Crippen molar-refractivity contribution in [2.45, 2.75) is 52.7 Å². The third-order valence-corrected chi connectivity index (χ3v) is 3.94. The van der Waals surface area contributed by atoms with Gasteiger partial charge >= 0.3 is 5.97 Å². The molecular formula is C20H27N3O4. The van der Waals surface area contributed by atoms with Crippen molar-refractivity contribution in [2.75, 3.05) is 6.61 Å². The molecule has 2 rings (SSSR count). The summed E-state index contributed by atoms with van der Waals surface area (Å²) in [6.07, 6.45) is 0.177. The Hall–Kier alpha value is -2.67. The number of carbonyl (C=O) groups excluding carboxylic acids is 1. The fraction of sp³-hybridized carbons (Fsp3) is 0.450. The zero-order valence-electron chi connectivity index (χ0n) is 16.4. The highest BCUT2D eigenvalue weighted by atomic mass is 16.5. The molecule has 7 heteroatoms. The van der Waals surface area contributed by atoms with E-state index in [2.05, 4.69) is 10.4 Å². The Morgan fingerprint density at radius 2 is 1.85 bits per heavy atom. The van der Waals surface area contributed by atoms with Gasteiger partial charge in [-0.25, -0.2) is 9.48 Å². The van der Waals surface area contributed by atoms with E-state index >= 15 is 0 Å². The Balaban J connectivity index is 2.08. The van der Waals surface area contributed by atoms with Crippen LogP contribution in [0.5, 0.6) is 0 Å². The zero-order valence-corrected chi connectivity index (χ0v) is 16.4. The van der Waals surface area contributed by atoms with Crippen molar-refractivity contribution < 1.29 is 19.4 Å². The monoisotopic (exact) mass is 373 g/mol. The van der Waals surface area contributed by atoms with E-state index in [0.717, 1.165) is 16.9 Å². The molecule has 0 aliphatic heterocycles. The number of aromatic nitrogens is 2.